The Balaban J connectivity index is 4.64. The lowest BCUT2D eigenvalue weighted by atomic mass is 10.1. The lowest BCUT2D eigenvalue weighted by molar-refractivity contribution is -0.150. The zero-order valence-corrected chi connectivity index (χ0v) is 12.1. The number of rotatable bonds is 5. The maximum absolute atomic E-state index is 12.0. The van der Waals surface area contributed by atoms with Gasteiger partial charge in [-0.05, 0) is 34.6 Å². The highest BCUT2D eigenvalue weighted by atomic mass is 79.9. The van der Waals surface area contributed by atoms with Crippen molar-refractivity contribution in [1.29, 1.82) is 0 Å². The first-order valence-electron chi connectivity index (χ1n) is 5.35. The third kappa shape index (κ3) is 4.96. The smallest absolute Gasteiger partial charge is 0.325 e. The molecule has 0 atom stereocenters. The minimum Gasteiger partial charge on any atom is -0.465 e. The van der Waals surface area contributed by atoms with Crippen molar-refractivity contribution in [2.45, 2.75) is 45.0 Å². The fourth-order valence-electron chi connectivity index (χ4n) is 1.18. The summed E-state index contributed by atoms with van der Waals surface area (Å²) in [6.07, 6.45) is 0. The SMILES string of the molecule is CCOC(=O)CN(C(=O)C(C)(C)Br)C(C)C. The molecule has 0 aromatic heterocycles. The molecular weight excluding hydrogens is 274 g/mol. The number of amides is 1. The summed E-state index contributed by atoms with van der Waals surface area (Å²) in [5.74, 6) is -0.489. The molecule has 5 heteroatoms. The molecule has 0 aliphatic heterocycles. The van der Waals surface area contributed by atoms with Gasteiger partial charge in [-0.3, -0.25) is 9.59 Å². The molecule has 0 heterocycles. The van der Waals surface area contributed by atoms with Gasteiger partial charge >= 0.3 is 5.97 Å². The third-order valence-corrected chi connectivity index (χ3v) is 2.34. The van der Waals surface area contributed by atoms with E-state index in [4.69, 9.17) is 4.74 Å². The van der Waals surface area contributed by atoms with Gasteiger partial charge in [0.05, 0.1) is 10.9 Å². The van der Waals surface area contributed by atoms with E-state index < -0.39 is 4.32 Å². The number of hydrogen-bond donors (Lipinski definition) is 0. The Hall–Kier alpha value is -0.580. The van der Waals surface area contributed by atoms with Crippen LogP contribution in [0.4, 0.5) is 0 Å². The van der Waals surface area contributed by atoms with Crippen LogP contribution in [0.15, 0.2) is 0 Å². The summed E-state index contributed by atoms with van der Waals surface area (Å²) in [4.78, 5) is 24.9. The molecule has 0 aromatic rings. The Kier molecular flexibility index (Phi) is 6.00. The van der Waals surface area contributed by atoms with Crippen molar-refractivity contribution in [3.63, 3.8) is 0 Å². The molecule has 0 N–H and O–H groups in total. The quantitative estimate of drug-likeness (QED) is 0.575. The lowest BCUT2D eigenvalue weighted by Gasteiger charge is -2.30. The predicted molar refractivity (Wildman–Crippen MR) is 66.5 cm³/mol. The molecular formula is C11H20BrNO3. The minimum atomic E-state index is -0.663. The molecule has 0 spiro atoms. The number of hydrogen-bond acceptors (Lipinski definition) is 3. The first-order valence-corrected chi connectivity index (χ1v) is 6.15. The van der Waals surface area contributed by atoms with Crippen LogP contribution in [0.5, 0.6) is 0 Å². The van der Waals surface area contributed by atoms with E-state index in [9.17, 15) is 9.59 Å². The summed E-state index contributed by atoms with van der Waals surface area (Å²) < 4.78 is 4.17. The van der Waals surface area contributed by atoms with Gasteiger partial charge in [0.15, 0.2) is 0 Å². The first kappa shape index (κ1) is 15.4. The second-order valence-electron chi connectivity index (χ2n) is 4.30. The molecule has 0 saturated carbocycles. The topological polar surface area (TPSA) is 46.6 Å². The Bertz CT molecular complexity index is 258. The van der Waals surface area contributed by atoms with Crippen molar-refractivity contribution < 1.29 is 14.3 Å². The maximum atomic E-state index is 12.0. The number of ether oxygens (including phenoxy) is 1. The minimum absolute atomic E-state index is 0.000625. The van der Waals surface area contributed by atoms with Crippen molar-refractivity contribution in [2.75, 3.05) is 13.2 Å². The van der Waals surface area contributed by atoms with Crippen molar-refractivity contribution in [1.82, 2.24) is 4.90 Å². The van der Waals surface area contributed by atoms with E-state index >= 15 is 0 Å². The van der Waals surface area contributed by atoms with Crippen LogP contribution < -0.4 is 0 Å². The number of carbonyl (C=O) groups is 2. The molecule has 0 aliphatic carbocycles. The van der Waals surface area contributed by atoms with Gasteiger partial charge in [-0.25, -0.2) is 0 Å². The Morgan fingerprint density at radius 1 is 1.38 bits per heavy atom. The van der Waals surface area contributed by atoms with Crippen LogP contribution in [0.1, 0.15) is 34.6 Å². The highest BCUT2D eigenvalue weighted by Crippen LogP contribution is 2.20. The van der Waals surface area contributed by atoms with Gasteiger partial charge in [0.1, 0.15) is 6.54 Å². The van der Waals surface area contributed by atoms with Gasteiger partial charge in [0, 0.05) is 6.04 Å². The summed E-state index contributed by atoms with van der Waals surface area (Å²) in [6.45, 7) is 9.33. The van der Waals surface area contributed by atoms with E-state index in [1.807, 2.05) is 13.8 Å². The van der Waals surface area contributed by atoms with Crippen LogP contribution in [0.25, 0.3) is 0 Å². The summed E-state index contributed by atoms with van der Waals surface area (Å²) in [7, 11) is 0. The van der Waals surface area contributed by atoms with Crippen LogP contribution in [0, 0.1) is 0 Å². The van der Waals surface area contributed by atoms with Crippen molar-refractivity contribution in [3.05, 3.63) is 0 Å². The fraction of sp³-hybridized carbons (Fsp3) is 0.818. The van der Waals surface area contributed by atoms with E-state index in [1.165, 1.54) is 4.90 Å². The first-order chi connectivity index (χ1) is 7.20. The molecule has 0 rings (SSSR count). The molecule has 16 heavy (non-hydrogen) atoms. The third-order valence-electron chi connectivity index (χ3n) is 2.00. The van der Waals surface area contributed by atoms with Crippen LogP contribution in [0.3, 0.4) is 0 Å². The zero-order chi connectivity index (χ0) is 12.9. The van der Waals surface area contributed by atoms with Crippen LogP contribution in [0.2, 0.25) is 0 Å². The lowest BCUT2D eigenvalue weighted by Crippen LogP contribution is -2.48. The summed E-state index contributed by atoms with van der Waals surface area (Å²) in [5, 5.41) is 0. The molecule has 0 fully saturated rings. The van der Waals surface area contributed by atoms with Crippen molar-refractivity contribution in [3.8, 4) is 0 Å². The molecule has 0 unspecified atom stereocenters. The van der Waals surface area contributed by atoms with E-state index in [0.717, 1.165) is 0 Å². The summed E-state index contributed by atoms with van der Waals surface area (Å²) in [5.41, 5.74) is 0. The molecule has 4 nitrogen and oxygen atoms in total. The zero-order valence-electron chi connectivity index (χ0n) is 10.5. The monoisotopic (exact) mass is 293 g/mol. The van der Waals surface area contributed by atoms with Gasteiger partial charge in [-0.1, -0.05) is 15.9 Å². The Morgan fingerprint density at radius 2 is 1.88 bits per heavy atom. The van der Waals surface area contributed by atoms with Crippen LogP contribution in [-0.2, 0) is 14.3 Å². The Morgan fingerprint density at radius 3 is 2.19 bits per heavy atom. The van der Waals surface area contributed by atoms with Gasteiger partial charge in [0.25, 0.3) is 0 Å². The normalized spacial score (nSPS) is 11.4. The average Bonchev–Trinajstić information content (AvgIpc) is 2.11. The summed E-state index contributed by atoms with van der Waals surface area (Å²) >= 11 is 3.30. The molecule has 0 saturated heterocycles. The number of esters is 1. The number of nitrogens with zero attached hydrogens (tertiary/aromatic N) is 1. The highest BCUT2D eigenvalue weighted by molar-refractivity contribution is 9.10. The maximum Gasteiger partial charge on any atom is 0.325 e. The van der Waals surface area contributed by atoms with Crippen molar-refractivity contribution >= 4 is 27.8 Å². The molecule has 0 aromatic carbocycles. The Labute approximate surface area is 105 Å². The van der Waals surface area contributed by atoms with E-state index in [-0.39, 0.29) is 24.5 Å². The molecule has 1 amide bonds. The number of halogens is 1. The van der Waals surface area contributed by atoms with Gasteiger partial charge < -0.3 is 9.64 Å². The molecule has 94 valence electrons. The van der Waals surface area contributed by atoms with Crippen molar-refractivity contribution in [2.24, 2.45) is 0 Å². The number of alkyl halides is 1. The fourth-order valence-corrected chi connectivity index (χ4v) is 1.40. The second kappa shape index (κ2) is 6.23. The predicted octanol–water partition coefficient (Wildman–Crippen LogP) is 1.96. The molecule has 0 bridgehead atoms. The number of carbonyl (C=O) groups excluding carboxylic acids is 2. The van der Waals surface area contributed by atoms with E-state index in [2.05, 4.69) is 15.9 Å². The standard InChI is InChI=1S/C11H20BrNO3/c1-6-16-9(14)7-13(8(2)3)10(15)11(4,5)12/h8H,6-7H2,1-5H3. The van der Waals surface area contributed by atoms with Crippen LogP contribution in [-0.4, -0.2) is 40.3 Å². The largest absolute Gasteiger partial charge is 0.465 e. The van der Waals surface area contributed by atoms with E-state index in [0.29, 0.717) is 6.61 Å². The van der Waals surface area contributed by atoms with E-state index in [1.54, 1.807) is 20.8 Å². The van der Waals surface area contributed by atoms with Gasteiger partial charge in [-0.2, -0.15) is 0 Å². The van der Waals surface area contributed by atoms with Gasteiger partial charge in [0.2, 0.25) is 5.91 Å². The molecule has 0 aliphatic rings. The van der Waals surface area contributed by atoms with Crippen LogP contribution >= 0.6 is 15.9 Å². The second-order valence-corrected chi connectivity index (χ2v) is 6.29. The average molecular weight is 294 g/mol. The summed E-state index contributed by atoms with van der Waals surface area (Å²) in [6, 6.07) is -0.0336. The highest BCUT2D eigenvalue weighted by Gasteiger charge is 2.31. The molecule has 0 radical (unpaired) electrons. The van der Waals surface area contributed by atoms with Gasteiger partial charge in [-0.15, -0.1) is 0 Å².